The topological polar surface area (TPSA) is 9.23 Å². The zero-order valence-electron chi connectivity index (χ0n) is 6.49. The summed E-state index contributed by atoms with van der Waals surface area (Å²) >= 11 is 20.7. The highest BCUT2D eigenvalue weighted by molar-refractivity contribution is 9.09. The van der Waals surface area contributed by atoms with Crippen molar-refractivity contribution in [1.29, 1.82) is 0 Å². The monoisotopic (exact) mass is 302 g/mol. The third-order valence-corrected chi connectivity index (χ3v) is 2.39. The lowest BCUT2D eigenvalue weighted by Gasteiger charge is -2.08. The molecule has 0 aromatic heterocycles. The van der Waals surface area contributed by atoms with Crippen molar-refractivity contribution in [3.8, 4) is 5.75 Å². The summed E-state index contributed by atoms with van der Waals surface area (Å²) in [5.74, 6) is 0.479. The summed E-state index contributed by atoms with van der Waals surface area (Å²) in [6, 6.07) is 3.19. The van der Waals surface area contributed by atoms with Crippen LogP contribution in [0.2, 0.25) is 15.1 Å². The standard InChI is InChI=1S/C8H6BrCl3O/c9-1-2-13-8-6(11)3-5(10)4-7(8)12/h3-4H,1-2H2. The molecule has 0 aliphatic rings. The van der Waals surface area contributed by atoms with Gasteiger partial charge in [0.25, 0.3) is 0 Å². The Hall–Kier alpha value is 0.370. The van der Waals surface area contributed by atoms with E-state index in [1.54, 1.807) is 12.1 Å². The predicted octanol–water partition coefficient (Wildman–Crippen LogP) is 4.42. The first-order chi connectivity index (χ1) is 6.15. The Kier molecular flexibility index (Phi) is 4.67. The van der Waals surface area contributed by atoms with E-state index in [4.69, 9.17) is 39.5 Å². The maximum absolute atomic E-state index is 5.86. The molecule has 0 heterocycles. The average Bonchev–Trinajstić information content (AvgIpc) is 2.02. The highest BCUT2D eigenvalue weighted by atomic mass is 79.9. The third-order valence-electron chi connectivity index (χ3n) is 1.29. The van der Waals surface area contributed by atoms with E-state index in [2.05, 4.69) is 15.9 Å². The smallest absolute Gasteiger partial charge is 0.156 e. The largest absolute Gasteiger partial charge is 0.490 e. The fraction of sp³-hybridized carbons (Fsp3) is 0.250. The number of ether oxygens (including phenoxy) is 1. The Balaban J connectivity index is 2.92. The van der Waals surface area contributed by atoms with Gasteiger partial charge in [-0.2, -0.15) is 0 Å². The van der Waals surface area contributed by atoms with Crippen LogP contribution in [-0.2, 0) is 0 Å². The maximum Gasteiger partial charge on any atom is 0.156 e. The van der Waals surface area contributed by atoms with E-state index in [9.17, 15) is 0 Å². The molecule has 0 bridgehead atoms. The molecule has 0 radical (unpaired) electrons. The van der Waals surface area contributed by atoms with Crippen molar-refractivity contribution in [2.45, 2.75) is 0 Å². The summed E-state index contributed by atoms with van der Waals surface area (Å²) in [7, 11) is 0. The Bertz CT molecular complexity index is 280. The molecule has 0 aliphatic carbocycles. The predicted molar refractivity (Wildman–Crippen MR) is 60.8 cm³/mol. The zero-order valence-corrected chi connectivity index (χ0v) is 10.3. The van der Waals surface area contributed by atoms with Gasteiger partial charge in [-0.3, -0.25) is 0 Å². The minimum absolute atomic E-state index is 0.429. The van der Waals surface area contributed by atoms with E-state index in [-0.39, 0.29) is 0 Å². The highest BCUT2D eigenvalue weighted by Crippen LogP contribution is 2.35. The van der Waals surface area contributed by atoms with Gasteiger partial charge in [0, 0.05) is 10.4 Å². The lowest BCUT2D eigenvalue weighted by Crippen LogP contribution is -1.98. The van der Waals surface area contributed by atoms with Gasteiger partial charge in [0.2, 0.25) is 0 Å². The fourth-order valence-corrected chi connectivity index (χ4v) is 1.90. The van der Waals surface area contributed by atoms with Crippen LogP contribution in [0.1, 0.15) is 0 Å². The van der Waals surface area contributed by atoms with E-state index < -0.39 is 0 Å². The number of hydrogen-bond acceptors (Lipinski definition) is 1. The van der Waals surface area contributed by atoms with Crippen molar-refractivity contribution in [2.24, 2.45) is 0 Å². The molecule has 1 aromatic rings. The maximum atomic E-state index is 5.86. The van der Waals surface area contributed by atoms with Crippen LogP contribution >= 0.6 is 50.7 Å². The second kappa shape index (κ2) is 5.30. The molecule has 0 saturated heterocycles. The van der Waals surface area contributed by atoms with Gasteiger partial charge in [0.1, 0.15) is 0 Å². The third kappa shape index (κ3) is 3.21. The summed E-state index contributed by atoms with van der Waals surface area (Å²) in [5, 5.41) is 2.08. The molecule has 0 fully saturated rings. The molecule has 0 N–H and O–H groups in total. The van der Waals surface area contributed by atoms with Crippen LogP contribution in [0.5, 0.6) is 5.75 Å². The SMILES string of the molecule is Clc1cc(Cl)c(OCCBr)c(Cl)c1. The highest BCUT2D eigenvalue weighted by Gasteiger charge is 2.08. The Morgan fingerprint density at radius 1 is 1.15 bits per heavy atom. The van der Waals surface area contributed by atoms with Gasteiger partial charge >= 0.3 is 0 Å². The second-order valence-corrected chi connectivity index (χ2v) is 4.28. The number of alkyl halides is 1. The van der Waals surface area contributed by atoms with Crippen LogP contribution in [0.15, 0.2) is 12.1 Å². The quantitative estimate of drug-likeness (QED) is 0.751. The molecule has 0 atom stereocenters. The molecule has 0 saturated carbocycles. The van der Waals surface area contributed by atoms with Gasteiger partial charge in [-0.05, 0) is 12.1 Å². The molecular formula is C8H6BrCl3O. The van der Waals surface area contributed by atoms with Crippen molar-refractivity contribution in [1.82, 2.24) is 0 Å². The molecule has 0 spiro atoms. The molecule has 1 nitrogen and oxygen atoms in total. The average molecular weight is 304 g/mol. The minimum atomic E-state index is 0.429. The summed E-state index contributed by atoms with van der Waals surface area (Å²) in [6.07, 6.45) is 0. The van der Waals surface area contributed by atoms with Crippen LogP contribution in [-0.4, -0.2) is 11.9 Å². The van der Waals surface area contributed by atoms with E-state index in [0.717, 1.165) is 5.33 Å². The van der Waals surface area contributed by atoms with Crippen LogP contribution < -0.4 is 4.74 Å². The van der Waals surface area contributed by atoms with Gasteiger partial charge < -0.3 is 4.74 Å². The lowest BCUT2D eigenvalue weighted by molar-refractivity contribution is 0.345. The summed E-state index contributed by atoms with van der Waals surface area (Å²) in [5.41, 5.74) is 0. The molecule has 1 aromatic carbocycles. The number of halogens is 4. The number of benzene rings is 1. The summed E-state index contributed by atoms with van der Waals surface area (Å²) in [6.45, 7) is 0.515. The first kappa shape index (κ1) is 11.4. The van der Waals surface area contributed by atoms with Crippen molar-refractivity contribution < 1.29 is 4.74 Å². The summed E-state index contributed by atoms with van der Waals surface area (Å²) < 4.78 is 5.30. The van der Waals surface area contributed by atoms with Crippen LogP contribution in [0.25, 0.3) is 0 Å². The first-order valence-electron chi connectivity index (χ1n) is 3.48. The molecule has 0 amide bonds. The Morgan fingerprint density at radius 2 is 1.69 bits per heavy atom. The number of rotatable bonds is 3. The first-order valence-corrected chi connectivity index (χ1v) is 5.74. The molecule has 5 heteroatoms. The van der Waals surface area contributed by atoms with Crippen molar-refractivity contribution in [2.75, 3.05) is 11.9 Å². The van der Waals surface area contributed by atoms with Crippen molar-refractivity contribution >= 4 is 50.7 Å². The van der Waals surface area contributed by atoms with Crippen molar-refractivity contribution in [3.05, 3.63) is 27.2 Å². The van der Waals surface area contributed by atoms with E-state index >= 15 is 0 Å². The van der Waals surface area contributed by atoms with Gasteiger partial charge in [0.05, 0.1) is 16.7 Å². The minimum Gasteiger partial charge on any atom is -0.490 e. The lowest BCUT2D eigenvalue weighted by atomic mass is 10.3. The van der Waals surface area contributed by atoms with Gasteiger partial charge in [0.15, 0.2) is 5.75 Å². The molecule has 1 rings (SSSR count). The zero-order chi connectivity index (χ0) is 9.84. The van der Waals surface area contributed by atoms with Gasteiger partial charge in [-0.25, -0.2) is 0 Å². The molecule has 0 unspecified atom stereocenters. The summed E-state index contributed by atoms with van der Waals surface area (Å²) in [4.78, 5) is 0. The van der Waals surface area contributed by atoms with E-state index in [1.807, 2.05) is 0 Å². The van der Waals surface area contributed by atoms with Gasteiger partial charge in [-0.1, -0.05) is 50.7 Å². The van der Waals surface area contributed by atoms with Crippen LogP contribution in [0, 0.1) is 0 Å². The molecule has 0 aliphatic heterocycles. The Morgan fingerprint density at radius 3 is 2.15 bits per heavy atom. The van der Waals surface area contributed by atoms with Crippen molar-refractivity contribution in [3.63, 3.8) is 0 Å². The fourth-order valence-electron chi connectivity index (χ4n) is 0.807. The molecule has 13 heavy (non-hydrogen) atoms. The van der Waals surface area contributed by atoms with Gasteiger partial charge in [-0.15, -0.1) is 0 Å². The normalized spacial score (nSPS) is 10.2. The van der Waals surface area contributed by atoms with E-state index in [1.165, 1.54) is 0 Å². The Labute approximate surface area is 100 Å². The van der Waals surface area contributed by atoms with E-state index in [0.29, 0.717) is 27.4 Å². The number of hydrogen-bond donors (Lipinski definition) is 0. The van der Waals surface area contributed by atoms with Crippen LogP contribution in [0.3, 0.4) is 0 Å². The molecular weight excluding hydrogens is 298 g/mol. The molecule has 72 valence electrons. The second-order valence-electron chi connectivity index (χ2n) is 2.24. The van der Waals surface area contributed by atoms with Crippen LogP contribution in [0.4, 0.5) is 0 Å².